The van der Waals surface area contributed by atoms with E-state index in [2.05, 4.69) is 26.1 Å². The van der Waals surface area contributed by atoms with Gasteiger partial charge in [-0.15, -0.1) is 10.2 Å². The number of aromatic nitrogens is 2. The number of methoxy groups -OCH3 is 2. The highest BCUT2D eigenvalue weighted by atomic mass is 79.9. The Balaban J connectivity index is 1.63. The fourth-order valence-corrected chi connectivity index (χ4v) is 6.57. The molecule has 4 rings (SSSR count). The predicted octanol–water partition coefficient (Wildman–Crippen LogP) is 3.40. The van der Waals surface area contributed by atoms with Crippen LogP contribution in [-0.4, -0.2) is 48.5 Å². The maximum absolute atomic E-state index is 13.6. The molecule has 0 bridgehead atoms. The standard InChI is InChI=1S/C23H27BrN4O5S/c1-23(25,13-15-7-5-4-6-8-15)22-27-26-21(33-22)18-11-16(24)14-28(18)34(29,30)17-9-10-19(31-2)20(12-17)32-3/h4-10,12,16,18H,11,13-14,25H2,1-3H3/t16?,18?,23-/m1/s1. The van der Waals surface area contributed by atoms with Crippen LogP contribution in [0.25, 0.3) is 0 Å². The zero-order chi connectivity index (χ0) is 24.5. The van der Waals surface area contributed by atoms with Crippen LogP contribution in [0, 0.1) is 0 Å². The number of rotatable bonds is 8. The summed E-state index contributed by atoms with van der Waals surface area (Å²) in [5.74, 6) is 1.24. The molecule has 9 nitrogen and oxygen atoms in total. The third-order valence-corrected chi connectivity index (χ3v) is 8.33. The van der Waals surface area contributed by atoms with Gasteiger partial charge in [0.25, 0.3) is 0 Å². The fourth-order valence-electron chi connectivity index (χ4n) is 4.05. The van der Waals surface area contributed by atoms with Crippen molar-refractivity contribution in [3.8, 4) is 11.5 Å². The third-order valence-electron chi connectivity index (χ3n) is 5.79. The van der Waals surface area contributed by atoms with Crippen molar-refractivity contribution >= 4 is 26.0 Å². The van der Waals surface area contributed by atoms with E-state index in [1.807, 2.05) is 37.3 Å². The summed E-state index contributed by atoms with van der Waals surface area (Å²) in [4.78, 5) is 0.0144. The van der Waals surface area contributed by atoms with Crippen LogP contribution < -0.4 is 15.2 Å². The molecular weight excluding hydrogens is 524 g/mol. The minimum atomic E-state index is -3.89. The zero-order valence-corrected chi connectivity index (χ0v) is 21.5. The number of hydrogen-bond donors (Lipinski definition) is 1. The third kappa shape index (κ3) is 4.83. The summed E-state index contributed by atoms with van der Waals surface area (Å²) in [6.45, 7) is 2.07. The smallest absolute Gasteiger partial charge is 0.243 e. The van der Waals surface area contributed by atoms with Gasteiger partial charge in [-0.3, -0.25) is 0 Å². The average molecular weight is 551 g/mol. The molecule has 182 valence electrons. The quantitative estimate of drug-likeness (QED) is 0.423. The molecule has 0 amide bonds. The van der Waals surface area contributed by atoms with Crippen molar-refractivity contribution in [2.24, 2.45) is 5.73 Å². The second-order valence-corrected chi connectivity index (χ2v) is 11.7. The highest BCUT2D eigenvalue weighted by Crippen LogP contribution is 2.40. The normalized spacial score (nSPS) is 20.7. The molecule has 3 aromatic rings. The van der Waals surface area contributed by atoms with Gasteiger partial charge in [0.05, 0.1) is 24.7 Å². The molecule has 0 radical (unpaired) electrons. The van der Waals surface area contributed by atoms with E-state index in [9.17, 15) is 8.42 Å². The number of halogens is 1. The summed E-state index contributed by atoms with van der Waals surface area (Å²) in [5.41, 5.74) is 6.64. The van der Waals surface area contributed by atoms with Crippen LogP contribution in [0.5, 0.6) is 11.5 Å². The molecule has 2 aromatic carbocycles. The van der Waals surface area contributed by atoms with Crippen molar-refractivity contribution in [1.29, 1.82) is 0 Å². The van der Waals surface area contributed by atoms with Crippen LogP contribution in [0.15, 0.2) is 57.8 Å². The molecule has 1 aromatic heterocycles. The summed E-state index contributed by atoms with van der Waals surface area (Å²) in [5, 5.41) is 8.37. The summed E-state index contributed by atoms with van der Waals surface area (Å²) in [6.07, 6.45) is 0.975. The van der Waals surface area contributed by atoms with E-state index in [1.165, 1.54) is 30.7 Å². The van der Waals surface area contributed by atoms with E-state index in [4.69, 9.17) is 19.6 Å². The topological polar surface area (TPSA) is 121 Å². The Morgan fingerprint density at radius 2 is 1.85 bits per heavy atom. The molecule has 34 heavy (non-hydrogen) atoms. The Morgan fingerprint density at radius 1 is 1.15 bits per heavy atom. The van der Waals surface area contributed by atoms with Crippen LogP contribution in [0.1, 0.15) is 36.7 Å². The van der Waals surface area contributed by atoms with Crippen molar-refractivity contribution in [3.05, 3.63) is 65.9 Å². The van der Waals surface area contributed by atoms with Crippen LogP contribution in [0.4, 0.5) is 0 Å². The first-order chi connectivity index (χ1) is 16.2. The number of alkyl halides is 1. The lowest BCUT2D eigenvalue weighted by molar-refractivity contribution is 0.289. The minimum Gasteiger partial charge on any atom is -0.493 e. The van der Waals surface area contributed by atoms with Gasteiger partial charge in [0, 0.05) is 17.4 Å². The van der Waals surface area contributed by atoms with E-state index in [-0.39, 0.29) is 28.0 Å². The Labute approximate surface area is 207 Å². The number of ether oxygens (including phenoxy) is 2. The lowest BCUT2D eigenvalue weighted by Crippen LogP contribution is -2.36. The minimum absolute atomic E-state index is 0.0728. The maximum atomic E-state index is 13.6. The second kappa shape index (κ2) is 9.65. The van der Waals surface area contributed by atoms with Crippen LogP contribution in [-0.2, 0) is 22.0 Å². The average Bonchev–Trinajstić information content (AvgIpc) is 3.46. The van der Waals surface area contributed by atoms with Gasteiger partial charge in [0.15, 0.2) is 11.5 Å². The predicted molar refractivity (Wildman–Crippen MR) is 129 cm³/mol. The number of benzene rings is 2. The number of nitrogens with zero attached hydrogens (tertiary/aromatic N) is 3. The molecular formula is C23H27BrN4O5S. The van der Waals surface area contributed by atoms with Gasteiger partial charge in [-0.1, -0.05) is 46.3 Å². The summed E-state index contributed by atoms with van der Waals surface area (Å²) in [6, 6.07) is 13.7. The molecule has 3 atom stereocenters. The first-order valence-electron chi connectivity index (χ1n) is 10.7. The van der Waals surface area contributed by atoms with Gasteiger partial charge in [0.1, 0.15) is 6.04 Å². The van der Waals surface area contributed by atoms with Crippen molar-refractivity contribution in [2.45, 2.75) is 41.1 Å². The molecule has 2 heterocycles. The lowest BCUT2D eigenvalue weighted by atomic mass is 9.94. The van der Waals surface area contributed by atoms with Gasteiger partial charge in [-0.05, 0) is 37.5 Å². The molecule has 2 N–H and O–H groups in total. The zero-order valence-electron chi connectivity index (χ0n) is 19.1. The van der Waals surface area contributed by atoms with Gasteiger partial charge in [-0.2, -0.15) is 4.31 Å². The Morgan fingerprint density at radius 3 is 2.53 bits per heavy atom. The largest absolute Gasteiger partial charge is 0.493 e. The Bertz CT molecular complexity index is 1250. The van der Waals surface area contributed by atoms with Gasteiger partial charge in [-0.25, -0.2) is 8.42 Å². The van der Waals surface area contributed by atoms with E-state index >= 15 is 0 Å². The van der Waals surface area contributed by atoms with Gasteiger partial charge in [0.2, 0.25) is 21.8 Å². The molecule has 0 spiro atoms. The van der Waals surface area contributed by atoms with Gasteiger partial charge < -0.3 is 19.6 Å². The number of hydrogen-bond acceptors (Lipinski definition) is 8. The second-order valence-electron chi connectivity index (χ2n) is 8.47. The van der Waals surface area contributed by atoms with E-state index < -0.39 is 21.6 Å². The van der Waals surface area contributed by atoms with E-state index in [1.54, 1.807) is 6.07 Å². The molecule has 0 saturated carbocycles. The summed E-state index contributed by atoms with van der Waals surface area (Å²) >= 11 is 3.56. The SMILES string of the molecule is COc1ccc(S(=O)(=O)N2CC(Br)CC2c2nnc([C@](C)(N)Cc3ccccc3)o2)cc1OC. The highest BCUT2D eigenvalue weighted by Gasteiger charge is 2.44. The van der Waals surface area contributed by atoms with E-state index in [0.717, 1.165) is 5.56 Å². The monoisotopic (exact) mass is 550 g/mol. The van der Waals surface area contributed by atoms with Crippen LogP contribution in [0.2, 0.25) is 0 Å². The molecule has 11 heteroatoms. The van der Waals surface area contributed by atoms with Crippen molar-refractivity contribution < 1.29 is 22.3 Å². The molecule has 1 saturated heterocycles. The first kappa shape index (κ1) is 24.6. The van der Waals surface area contributed by atoms with Gasteiger partial charge >= 0.3 is 0 Å². The first-order valence-corrected chi connectivity index (χ1v) is 13.1. The van der Waals surface area contributed by atoms with Crippen molar-refractivity contribution in [2.75, 3.05) is 20.8 Å². The van der Waals surface area contributed by atoms with Crippen molar-refractivity contribution in [3.63, 3.8) is 0 Å². The maximum Gasteiger partial charge on any atom is 0.243 e. The molecule has 2 unspecified atom stereocenters. The van der Waals surface area contributed by atoms with Crippen LogP contribution in [0.3, 0.4) is 0 Å². The number of nitrogens with two attached hydrogens (primary N) is 1. The lowest BCUT2D eigenvalue weighted by Gasteiger charge is -2.23. The van der Waals surface area contributed by atoms with Crippen molar-refractivity contribution in [1.82, 2.24) is 14.5 Å². The molecule has 1 aliphatic heterocycles. The number of sulfonamides is 1. The Kier molecular flexibility index (Phi) is 6.99. The molecule has 0 aliphatic carbocycles. The summed E-state index contributed by atoms with van der Waals surface area (Å²) in [7, 11) is -0.939. The molecule has 1 fully saturated rings. The Hall–Kier alpha value is -2.47. The van der Waals surface area contributed by atoms with E-state index in [0.29, 0.717) is 24.3 Å². The fraction of sp³-hybridized carbons (Fsp3) is 0.391. The van der Waals surface area contributed by atoms with Crippen LogP contribution >= 0.6 is 15.9 Å². The molecule has 1 aliphatic rings. The highest BCUT2D eigenvalue weighted by molar-refractivity contribution is 9.09. The summed E-state index contributed by atoms with van der Waals surface area (Å²) < 4.78 is 45.0.